The molecule has 0 bridgehead atoms. The van der Waals surface area contributed by atoms with Gasteiger partial charge in [-0.3, -0.25) is 0 Å². The summed E-state index contributed by atoms with van der Waals surface area (Å²) in [7, 11) is -3.39. The third-order valence-electron chi connectivity index (χ3n) is 5.33. The predicted octanol–water partition coefficient (Wildman–Crippen LogP) is 3.29. The number of hydrogen-bond donors (Lipinski definition) is 1. The van der Waals surface area contributed by atoms with Crippen LogP contribution in [0.4, 0.5) is 0 Å². The molecule has 8 heteroatoms. The van der Waals surface area contributed by atoms with Crippen molar-refractivity contribution in [1.29, 1.82) is 0 Å². The predicted molar refractivity (Wildman–Crippen MR) is 125 cm³/mol. The van der Waals surface area contributed by atoms with Gasteiger partial charge in [0.25, 0.3) is 0 Å². The van der Waals surface area contributed by atoms with Crippen molar-refractivity contribution in [2.45, 2.75) is 51.0 Å². The van der Waals surface area contributed by atoms with E-state index in [4.69, 9.17) is 4.99 Å². The Morgan fingerprint density at radius 3 is 2.43 bits per heavy atom. The Morgan fingerprint density at radius 1 is 1.14 bits per heavy atom. The van der Waals surface area contributed by atoms with Crippen LogP contribution in [-0.4, -0.2) is 56.3 Å². The summed E-state index contributed by atoms with van der Waals surface area (Å²) in [6, 6.07) is 7.22. The van der Waals surface area contributed by atoms with E-state index in [-0.39, 0.29) is 24.0 Å². The molecule has 0 amide bonds. The SMILES string of the molecule is CCNC(=NCc1ccc(S(=O)(=O)N2CCCC(C)C2)cc1)N1CCCC1.I. The molecule has 3 rings (SSSR count). The molecule has 1 atom stereocenters. The number of rotatable bonds is 5. The monoisotopic (exact) mass is 520 g/mol. The van der Waals surface area contributed by atoms with Gasteiger partial charge in [-0.05, 0) is 56.2 Å². The fourth-order valence-electron chi connectivity index (χ4n) is 3.80. The molecule has 0 aliphatic carbocycles. The molecular weight excluding hydrogens is 487 g/mol. The highest BCUT2D eigenvalue weighted by Gasteiger charge is 2.28. The summed E-state index contributed by atoms with van der Waals surface area (Å²) < 4.78 is 27.3. The maximum atomic E-state index is 12.9. The van der Waals surface area contributed by atoms with E-state index in [1.165, 1.54) is 12.8 Å². The minimum atomic E-state index is -3.39. The highest BCUT2D eigenvalue weighted by Crippen LogP contribution is 2.23. The molecule has 1 unspecified atom stereocenters. The smallest absolute Gasteiger partial charge is 0.243 e. The molecule has 0 radical (unpaired) electrons. The van der Waals surface area contributed by atoms with Crippen molar-refractivity contribution in [3.05, 3.63) is 29.8 Å². The lowest BCUT2D eigenvalue weighted by molar-refractivity contribution is 0.281. The average Bonchev–Trinajstić information content (AvgIpc) is 3.20. The van der Waals surface area contributed by atoms with Gasteiger partial charge in [-0.15, -0.1) is 24.0 Å². The van der Waals surface area contributed by atoms with Gasteiger partial charge in [-0.1, -0.05) is 19.1 Å². The zero-order chi connectivity index (χ0) is 19.3. The van der Waals surface area contributed by atoms with Crippen molar-refractivity contribution in [2.24, 2.45) is 10.9 Å². The summed E-state index contributed by atoms with van der Waals surface area (Å²) in [5.41, 5.74) is 1.02. The summed E-state index contributed by atoms with van der Waals surface area (Å²) in [4.78, 5) is 7.41. The number of piperidine rings is 1. The van der Waals surface area contributed by atoms with Crippen LogP contribution < -0.4 is 5.32 Å². The first-order valence-electron chi connectivity index (χ1n) is 10.1. The normalized spacial score (nSPS) is 21.4. The second-order valence-corrected chi connectivity index (χ2v) is 9.56. The molecule has 2 aliphatic rings. The summed E-state index contributed by atoms with van der Waals surface area (Å²) in [5, 5.41) is 3.35. The van der Waals surface area contributed by atoms with Gasteiger partial charge in [-0.2, -0.15) is 4.31 Å². The fraction of sp³-hybridized carbons (Fsp3) is 0.650. The number of sulfonamides is 1. The summed E-state index contributed by atoms with van der Waals surface area (Å²) in [5.74, 6) is 1.38. The van der Waals surface area contributed by atoms with E-state index in [1.807, 2.05) is 12.1 Å². The molecule has 6 nitrogen and oxygen atoms in total. The van der Waals surface area contributed by atoms with Crippen molar-refractivity contribution in [3.63, 3.8) is 0 Å². The van der Waals surface area contributed by atoms with Crippen molar-refractivity contribution in [1.82, 2.24) is 14.5 Å². The van der Waals surface area contributed by atoms with Gasteiger partial charge in [0.05, 0.1) is 11.4 Å². The molecule has 1 N–H and O–H groups in total. The number of likely N-dealkylation sites (tertiary alicyclic amines) is 1. The molecule has 1 aromatic carbocycles. The quantitative estimate of drug-likeness (QED) is 0.368. The van der Waals surface area contributed by atoms with Crippen LogP contribution in [0, 0.1) is 5.92 Å². The molecule has 0 aromatic heterocycles. The van der Waals surface area contributed by atoms with Gasteiger partial charge >= 0.3 is 0 Å². The first-order valence-corrected chi connectivity index (χ1v) is 11.6. The van der Waals surface area contributed by atoms with E-state index < -0.39 is 10.0 Å². The third kappa shape index (κ3) is 5.82. The van der Waals surface area contributed by atoms with E-state index in [1.54, 1.807) is 16.4 Å². The first-order chi connectivity index (χ1) is 13.0. The molecule has 0 saturated carbocycles. The molecule has 28 heavy (non-hydrogen) atoms. The molecule has 2 saturated heterocycles. The van der Waals surface area contributed by atoms with Crippen LogP contribution in [0.3, 0.4) is 0 Å². The van der Waals surface area contributed by atoms with Gasteiger partial charge in [0.2, 0.25) is 10.0 Å². The number of benzene rings is 1. The van der Waals surface area contributed by atoms with Crippen molar-refractivity contribution in [2.75, 3.05) is 32.7 Å². The minimum Gasteiger partial charge on any atom is -0.357 e. The second-order valence-electron chi connectivity index (χ2n) is 7.62. The first kappa shape index (κ1) is 23.4. The van der Waals surface area contributed by atoms with E-state index >= 15 is 0 Å². The van der Waals surface area contributed by atoms with Crippen LogP contribution in [0.25, 0.3) is 0 Å². The maximum Gasteiger partial charge on any atom is 0.243 e. The van der Waals surface area contributed by atoms with Crippen molar-refractivity contribution >= 4 is 40.0 Å². The largest absolute Gasteiger partial charge is 0.357 e. The second kappa shape index (κ2) is 10.8. The zero-order valence-corrected chi connectivity index (χ0v) is 20.1. The van der Waals surface area contributed by atoms with E-state index in [9.17, 15) is 8.42 Å². The molecule has 2 heterocycles. The summed E-state index contributed by atoms with van der Waals surface area (Å²) in [6.07, 6.45) is 4.48. The van der Waals surface area contributed by atoms with Gasteiger partial charge in [0, 0.05) is 32.7 Å². The fourth-order valence-corrected chi connectivity index (χ4v) is 5.40. The molecule has 1 aromatic rings. The number of aliphatic imine (C=N–C) groups is 1. The maximum absolute atomic E-state index is 12.9. The Kier molecular flexibility index (Phi) is 9.01. The topological polar surface area (TPSA) is 65.0 Å². The highest BCUT2D eigenvalue weighted by molar-refractivity contribution is 14.0. The van der Waals surface area contributed by atoms with Crippen LogP contribution in [0.2, 0.25) is 0 Å². The average molecular weight is 520 g/mol. The van der Waals surface area contributed by atoms with E-state index in [0.717, 1.165) is 44.0 Å². The Labute approximate surface area is 186 Å². The van der Waals surface area contributed by atoms with Gasteiger partial charge in [0.15, 0.2) is 5.96 Å². The molecule has 158 valence electrons. The van der Waals surface area contributed by atoms with Crippen LogP contribution in [0.5, 0.6) is 0 Å². The van der Waals surface area contributed by atoms with Gasteiger partial charge in [0.1, 0.15) is 0 Å². The molecule has 2 fully saturated rings. The zero-order valence-electron chi connectivity index (χ0n) is 16.9. The minimum absolute atomic E-state index is 0. The standard InChI is InChI=1S/C20H32N4O2S.HI/c1-3-21-20(23-12-4-5-13-23)22-15-18-8-10-19(11-9-18)27(25,26)24-14-6-7-17(2)16-24;/h8-11,17H,3-7,12-16H2,1-2H3,(H,21,22);1H. The van der Waals surface area contributed by atoms with Crippen LogP contribution in [-0.2, 0) is 16.6 Å². The van der Waals surface area contributed by atoms with E-state index in [0.29, 0.717) is 30.4 Å². The Morgan fingerprint density at radius 2 is 1.82 bits per heavy atom. The summed E-state index contributed by atoms with van der Waals surface area (Å²) >= 11 is 0. The Balaban J connectivity index is 0.00000280. The van der Waals surface area contributed by atoms with E-state index in [2.05, 4.69) is 24.1 Å². The third-order valence-corrected chi connectivity index (χ3v) is 7.21. The lowest BCUT2D eigenvalue weighted by atomic mass is 10.0. The Hall–Kier alpha value is -0.870. The number of guanidine groups is 1. The summed E-state index contributed by atoms with van der Waals surface area (Å²) in [6.45, 7) is 8.95. The highest BCUT2D eigenvalue weighted by atomic mass is 127. The van der Waals surface area contributed by atoms with Crippen LogP contribution in [0.15, 0.2) is 34.2 Å². The van der Waals surface area contributed by atoms with Gasteiger partial charge < -0.3 is 10.2 Å². The van der Waals surface area contributed by atoms with Crippen molar-refractivity contribution in [3.8, 4) is 0 Å². The molecule has 0 spiro atoms. The lowest BCUT2D eigenvalue weighted by Crippen LogP contribution is -2.39. The number of halogens is 1. The van der Waals surface area contributed by atoms with Gasteiger partial charge in [-0.25, -0.2) is 13.4 Å². The number of nitrogens with zero attached hydrogens (tertiary/aromatic N) is 3. The van der Waals surface area contributed by atoms with Crippen LogP contribution >= 0.6 is 24.0 Å². The number of nitrogens with one attached hydrogen (secondary N) is 1. The Bertz CT molecular complexity index is 746. The molecular formula is C20H33IN4O2S. The number of hydrogen-bond acceptors (Lipinski definition) is 3. The lowest BCUT2D eigenvalue weighted by Gasteiger charge is -2.30. The van der Waals surface area contributed by atoms with Crippen LogP contribution in [0.1, 0.15) is 45.1 Å². The van der Waals surface area contributed by atoms with Crippen molar-refractivity contribution < 1.29 is 8.42 Å². The molecule has 2 aliphatic heterocycles.